The van der Waals surface area contributed by atoms with Crippen molar-refractivity contribution in [2.75, 3.05) is 5.32 Å². The van der Waals surface area contributed by atoms with Crippen molar-refractivity contribution < 1.29 is 13.2 Å². The largest absolute Gasteiger partial charge is 0.418 e. The minimum Gasteiger partial charge on any atom is -0.366 e. The number of alkyl halides is 3. The van der Waals surface area contributed by atoms with Crippen LogP contribution in [0.15, 0.2) is 66.7 Å². The first-order valence-corrected chi connectivity index (χ1v) is 10.1. The molecule has 1 aromatic carbocycles. The lowest BCUT2D eigenvalue weighted by Gasteiger charge is -2.15. The highest BCUT2D eigenvalue weighted by Gasteiger charge is 2.34. The zero-order valence-corrected chi connectivity index (χ0v) is 17.6. The second kappa shape index (κ2) is 10.1. The molecule has 1 aliphatic carbocycles. The van der Waals surface area contributed by atoms with Gasteiger partial charge in [-0.15, -0.1) is 12.8 Å². The second-order valence-electron chi connectivity index (χ2n) is 7.29. The van der Waals surface area contributed by atoms with Gasteiger partial charge in [0.1, 0.15) is 12.1 Å². The number of rotatable bonds is 4. The van der Waals surface area contributed by atoms with Gasteiger partial charge in [-0.2, -0.15) is 13.2 Å². The Kier molecular flexibility index (Phi) is 7.26. The third kappa shape index (κ3) is 5.14. The molecule has 4 rings (SSSR count). The number of aromatic nitrogens is 3. The van der Waals surface area contributed by atoms with E-state index in [4.69, 9.17) is 0 Å². The fourth-order valence-electron chi connectivity index (χ4n) is 3.76. The maximum Gasteiger partial charge on any atom is 0.418 e. The highest BCUT2D eigenvalue weighted by Crippen LogP contribution is 2.37. The first kappa shape index (κ1) is 23.0. The van der Waals surface area contributed by atoms with E-state index >= 15 is 0 Å². The molecule has 1 unspecified atom stereocenters. The quantitative estimate of drug-likeness (QED) is 0.479. The number of pyridine rings is 1. The van der Waals surface area contributed by atoms with Crippen molar-refractivity contribution in [3.8, 4) is 24.1 Å². The Balaban J connectivity index is 0.00000141. The van der Waals surface area contributed by atoms with Crippen molar-refractivity contribution in [1.29, 1.82) is 0 Å². The van der Waals surface area contributed by atoms with E-state index in [1.165, 1.54) is 24.2 Å². The minimum absolute atomic E-state index is 0.102. The molecule has 0 spiro atoms. The van der Waals surface area contributed by atoms with Gasteiger partial charge in [0.05, 0.1) is 16.8 Å². The number of fused-ring (bicyclic) bond motifs is 1. The lowest BCUT2D eigenvalue weighted by atomic mass is 10.0. The molecule has 1 saturated carbocycles. The van der Waals surface area contributed by atoms with Gasteiger partial charge < -0.3 is 5.32 Å². The van der Waals surface area contributed by atoms with Crippen LogP contribution in [-0.4, -0.2) is 21.0 Å². The number of benzene rings is 1. The van der Waals surface area contributed by atoms with Crippen LogP contribution in [0.2, 0.25) is 0 Å². The van der Waals surface area contributed by atoms with Gasteiger partial charge in [0.15, 0.2) is 0 Å². The van der Waals surface area contributed by atoms with Gasteiger partial charge in [-0.25, -0.2) is 9.97 Å². The second-order valence-corrected chi connectivity index (χ2v) is 7.29. The Morgan fingerprint density at radius 2 is 1.94 bits per heavy atom. The summed E-state index contributed by atoms with van der Waals surface area (Å²) in [5.74, 6) is 0.695. The molecule has 32 heavy (non-hydrogen) atoms. The maximum absolute atomic E-state index is 13.4. The molecular formula is C25H23F3N4. The van der Waals surface area contributed by atoms with Gasteiger partial charge in [-0.1, -0.05) is 29.9 Å². The Hall–Kier alpha value is -3.66. The number of halogens is 3. The number of nitrogens with zero attached hydrogens (tertiary/aromatic N) is 3. The standard InChI is InChI=1S/C23H21F3N4.C2H2/c1-2-3-5-15-7-9-17(12-15)30-22-18-10-8-16(13-20(18)28-14-29-22)21-19(23(24,25)26)6-4-11-27-21;1-2/h2-6,8,10-11,13-14,17H,7,9,12H2,1H3,(H,28,29,30);1-2H/b3-2-,15-5-;. The Bertz CT molecular complexity index is 1160. The number of anilines is 1. The van der Waals surface area contributed by atoms with Crippen LogP contribution in [0.5, 0.6) is 0 Å². The summed E-state index contributed by atoms with van der Waals surface area (Å²) in [5.41, 5.74) is 1.47. The van der Waals surface area contributed by atoms with Crippen molar-refractivity contribution in [2.45, 2.75) is 38.4 Å². The van der Waals surface area contributed by atoms with E-state index in [1.807, 2.05) is 19.1 Å². The third-order valence-corrected chi connectivity index (χ3v) is 5.21. The highest BCUT2D eigenvalue weighted by atomic mass is 19.4. The summed E-state index contributed by atoms with van der Waals surface area (Å²) in [6, 6.07) is 7.63. The van der Waals surface area contributed by atoms with Crippen molar-refractivity contribution in [2.24, 2.45) is 0 Å². The van der Waals surface area contributed by atoms with Gasteiger partial charge in [0, 0.05) is 23.2 Å². The van der Waals surface area contributed by atoms with Gasteiger partial charge >= 0.3 is 6.18 Å². The van der Waals surface area contributed by atoms with Crippen LogP contribution in [-0.2, 0) is 6.18 Å². The number of nitrogens with one attached hydrogen (secondary N) is 1. The van der Waals surface area contributed by atoms with Crippen molar-refractivity contribution >= 4 is 16.7 Å². The molecule has 7 heteroatoms. The Morgan fingerprint density at radius 3 is 2.69 bits per heavy atom. The van der Waals surface area contributed by atoms with E-state index < -0.39 is 11.7 Å². The molecule has 4 nitrogen and oxygen atoms in total. The topological polar surface area (TPSA) is 50.7 Å². The van der Waals surface area contributed by atoms with E-state index in [-0.39, 0.29) is 11.7 Å². The lowest BCUT2D eigenvalue weighted by molar-refractivity contribution is -0.137. The first-order valence-electron chi connectivity index (χ1n) is 10.1. The van der Waals surface area contributed by atoms with E-state index in [0.717, 1.165) is 30.7 Å². The number of terminal acetylenes is 1. The van der Waals surface area contributed by atoms with E-state index in [0.29, 0.717) is 16.9 Å². The summed E-state index contributed by atoms with van der Waals surface area (Å²) >= 11 is 0. The SMILES string of the molecule is C#C.C/C=C\C=C1\CCC(Nc2ncnc3cc(-c4ncccc4C(F)(F)F)ccc23)C1. The molecular weight excluding hydrogens is 413 g/mol. The predicted octanol–water partition coefficient (Wildman–Crippen LogP) is 6.43. The highest BCUT2D eigenvalue weighted by molar-refractivity contribution is 5.92. The van der Waals surface area contributed by atoms with Crippen molar-refractivity contribution in [1.82, 2.24) is 15.0 Å². The van der Waals surface area contributed by atoms with Gasteiger partial charge in [0.25, 0.3) is 0 Å². The molecule has 0 aliphatic heterocycles. The maximum atomic E-state index is 13.4. The summed E-state index contributed by atoms with van der Waals surface area (Å²) < 4.78 is 40.1. The smallest absolute Gasteiger partial charge is 0.366 e. The molecule has 0 amide bonds. The fraction of sp³-hybridized carbons (Fsp3) is 0.240. The average Bonchev–Trinajstić information content (AvgIpc) is 3.25. The lowest BCUT2D eigenvalue weighted by Crippen LogP contribution is -2.16. The van der Waals surface area contributed by atoms with Crippen LogP contribution in [0.4, 0.5) is 19.0 Å². The summed E-state index contributed by atoms with van der Waals surface area (Å²) in [6.07, 6.45) is 15.5. The summed E-state index contributed by atoms with van der Waals surface area (Å²) in [6.45, 7) is 1.99. The predicted molar refractivity (Wildman–Crippen MR) is 122 cm³/mol. The van der Waals surface area contributed by atoms with Gasteiger partial charge in [0.2, 0.25) is 0 Å². The summed E-state index contributed by atoms with van der Waals surface area (Å²) in [5, 5.41) is 4.25. The van der Waals surface area contributed by atoms with Crippen LogP contribution >= 0.6 is 0 Å². The average molecular weight is 436 g/mol. The zero-order chi connectivity index (χ0) is 23.1. The molecule has 0 saturated heterocycles. The molecule has 2 aromatic heterocycles. The minimum atomic E-state index is -4.47. The zero-order valence-electron chi connectivity index (χ0n) is 17.6. The monoisotopic (exact) mass is 436 g/mol. The number of allylic oxidation sites excluding steroid dienone is 3. The molecule has 2 heterocycles. The van der Waals surface area contributed by atoms with Gasteiger partial charge in [-0.05, 0) is 50.5 Å². The molecule has 164 valence electrons. The van der Waals surface area contributed by atoms with Crippen LogP contribution in [0, 0.1) is 12.8 Å². The fourth-order valence-corrected chi connectivity index (χ4v) is 3.76. The molecule has 3 aromatic rings. The molecule has 1 aliphatic rings. The summed E-state index contributed by atoms with van der Waals surface area (Å²) in [7, 11) is 0. The van der Waals surface area contributed by atoms with Crippen LogP contribution in [0.1, 0.15) is 31.7 Å². The van der Waals surface area contributed by atoms with E-state index in [9.17, 15) is 13.2 Å². The first-order chi connectivity index (χ1) is 15.5. The van der Waals surface area contributed by atoms with Crippen LogP contribution in [0.3, 0.4) is 0 Å². The van der Waals surface area contributed by atoms with E-state index in [1.54, 1.807) is 18.2 Å². The molecule has 1 fully saturated rings. The molecule has 1 atom stereocenters. The van der Waals surface area contributed by atoms with Crippen molar-refractivity contribution in [3.05, 3.63) is 72.2 Å². The number of hydrogen-bond acceptors (Lipinski definition) is 4. The molecule has 0 bridgehead atoms. The van der Waals surface area contributed by atoms with Crippen LogP contribution < -0.4 is 5.32 Å². The normalized spacial score (nSPS) is 17.4. The van der Waals surface area contributed by atoms with Crippen LogP contribution in [0.25, 0.3) is 22.2 Å². The van der Waals surface area contributed by atoms with Crippen molar-refractivity contribution in [3.63, 3.8) is 0 Å². The number of hydrogen-bond donors (Lipinski definition) is 1. The van der Waals surface area contributed by atoms with E-state index in [2.05, 4.69) is 39.2 Å². The van der Waals surface area contributed by atoms with Gasteiger partial charge in [-0.3, -0.25) is 4.98 Å². The summed E-state index contributed by atoms with van der Waals surface area (Å²) in [4.78, 5) is 12.6. The Morgan fingerprint density at radius 1 is 1.12 bits per heavy atom. The molecule has 0 radical (unpaired) electrons. The third-order valence-electron chi connectivity index (χ3n) is 5.21. The molecule has 1 N–H and O–H groups in total. The Labute approximate surface area is 185 Å².